The number of methoxy groups -OCH3 is 2. The Hall–Kier alpha value is -2.89. The van der Waals surface area contributed by atoms with Gasteiger partial charge in [0.1, 0.15) is 23.1 Å². The number of carbonyl (C=O) groups is 3. The van der Waals surface area contributed by atoms with Gasteiger partial charge in [0.05, 0.1) is 20.1 Å². The number of nitrogens with two attached hydrogens (primary N) is 1. The minimum Gasteiger partial charge on any atom is -0.497 e. The highest BCUT2D eigenvalue weighted by Gasteiger charge is 2.43. The van der Waals surface area contributed by atoms with Gasteiger partial charge in [-0.05, 0) is 49.4 Å². The van der Waals surface area contributed by atoms with Crippen LogP contribution in [0.3, 0.4) is 0 Å². The van der Waals surface area contributed by atoms with Crippen LogP contribution in [0, 0.1) is 5.92 Å². The Labute approximate surface area is 233 Å². The summed E-state index contributed by atoms with van der Waals surface area (Å²) in [4.78, 5) is 38.6. The van der Waals surface area contributed by atoms with Gasteiger partial charge in [-0.15, -0.1) is 0 Å². The number of hydrogen-bond acceptors (Lipinski definition) is 8. The Bertz CT molecular complexity index is 1050. The maximum Gasteiger partial charge on any atom is 0.243 e. The third kappa shape index (κ3) is 8.85. The first kappa shape index (κ1) is 31.3. The summed E-state index contributed by atoms with van der Waals surface area (Å²) in [5.41, 5.74) is 6.54. The first-order chi connectivity index (χ1) is 18.2. The number of benzene rings is 2. The van der Waals surface area contributed by atoms with Crippen LogP contribution in [-0.2, 0) is 25.9 Å². The summed E-state index contributed by atoms with van der Waals surface area (Å²) >= 11 is 3.03. The Morgan fingerprint density at radius 1 is 0.842 bits per heavy atom. The maximum absolute atomic E-state index is 13.5. The normalized spacial score (nSPS) is 14.0. The van der Waals surface area contributed by atoms with Crippen molar-refractivity contribution in [1.29, 1.82) is 0 Å². The molecule has 0 radical (unpaired) electrons. The lowest BCUT2D eigenvalue weighted by molar-refractivity contribution is -0.136. The van der Waals surface area contributed by atoms with Crippen molar-refractivity contribution in [3.63, 3.8) is 0 Å². The highest BCUT2D eigenvalue weighted by Crippen LogP contribution is 2.26. The molecule has 38 heavy (non-hydrogen) atoms. The smallest absolute Gasteiger partial charge is 0.243 e. The van der Waals surface area contributed by atoms with E-state index < -0.39 is 29.3 Å². The van der Waals surface area contributed by atoms with Crippen molar-refractivity contribution in [3.05, 3.63) is 59.7 Å². The first-order valence-electron chi connectivity index (χ1n) is 12.1. The average Bonchev–Trinajstić information content (AvgIpc) is 2.94. The summed E-state index contributed by atoms with van der Waals surface area (Å²) in [5, 5.41) is 8.41. The fraction of sp³-hybridized carbons (Fsp3) is 0.444. The van der Waals surface area contributed by atoms with Gasteiger partial charge in [0.25, 0.3) is 0 Å². The van der Waals surface area contributed by atoms with Crippen molar-refractivity contribution in [2.45, 2.75) is 30.0 Å². The fourth-order valence-electron chi connectivity index (χ4n) is 3.64. The number of ether oxygens (including phenoxy) is 2. The number of nitrogens with one attached hydrogen (secondary N) is 3. The molecule has 3 atom stereocenters. The summed E-state index contributed by atoms with van der Waals surface area (Å²) in [6, 6.07) is 14.6. The van der Waals surface area contributed by atoms with Gasteiger partial charge in [-0.1, -0.05) is 24.3 Å². The molecule has 3 amide bonds. The van der Waals surface area contributed by atoms with Crippen LogP contribution in [-0.4, -0.2) is 69.1 Å². The summed E-state index contributed by atoms with van der Waals surface area (Å²) in [5.74, 6) is 1.31. The number of rotatable bonds is 16. The molecule has 0 heterocycles. The SMILES string of the molecule is CNC(=O)[C@H](CSCc1ccc(OC)cc1)NC(=O)[C@H](CSCc1ccc(OC)cc1)C(C)(NC)C(N)=O. The third-order valence-electron chi connectivity index (χ3n) is 6.35. The van der Waals surface area contributed by atoms with Crippen molar-refractivity contribution in [1.82, 2.24) is 16.0 Å². The summed E-state index contributed by atoms with van der Waals surface area (Å²) < 4.78 is 10.4. The van der Waals surface area contributed by atoms with E-state index in [0.717, 1.165) is 22.6 Å². The van der Waals surface area contributed by atoms with Crippen LogP contribution in [0.1, 0.15) is 18.1 Å². The molecule has 2 rings (SSSR count). The summed E-state index contributed by atoms with van der Waals surface area (Å²) in [6.07, 6.45) is 0. The van der Waals surface area contributed by atoms with Gasteiger partial charge in [0.15, 0.2) is 0 Å². The second kappa shape index (κ2) is 15.5. The molecule has 11 heteroatoms. The lowest BCUT2D eigenvalue weighted by atomic mass is 9.85. The highest BCUT2D eigenvalue weighted by atomic mass is 32.2. The van der Waals surface area contributed by atoms with E-state index in [0.29, 0.717) is 23.0 Å². The molecule has 0 aliphatic heterocycles. The number of hydrogen-bond donors (Lipinski definition) is 4. The zero-order valence-corrected chi connectivity index (χ0v) is 24.2. The van der Waals surface area contributed by atoms with Crippen LogP contribution in [0.4, 0.5) is 0 Å². The molecule has 0 fully saturated rings. The molecular formula is C27H38N4O5S2. The van der Waals surface area contributed by atoms with Gasteiger partial charge < -0.3 is 31.2 Å². The fourth-order valence-corrected chi connectivity index (χ4v) is 5.92. The number of thioether (sulfide) groups is 2. The molecule has 208 valence electrons. The molecule has 0 bridgehead atoms. The second-order valence-corrected chi connectivity index (χ2v) is 10.8. The number of likely N-dealkylation sites (N-methyl/N-ethyl adjacent to an activating group) is 2. The molecule has 9 nitrogen and oxygen atoms in total. The highest BCUT2D eigenvalue weighted by molar-refractivity contribution is 7.98. The molecule has 1 unspecified atom stereocenters. The Morgan fingerprint density at radius 3 is 1.71 bits per heavy atom. The van der Waals surface area contributed by atoms with Gasteiger partial charge in [0.2, 0.25) is 17.7 Å². The number of primary amides is 1. The molecule has 0 saturated heterocycles. The van der Waals surface area contributed by atoms with Gasteiger partial charge in [0, 0.05) is 30.1 Å². The van der Waals surface area contributed by atoms with Gasteiger partial charge >= 0.3 is 0 Å². The molecular weight excluding hydrogens is 524 g/mol. The van der Waals surface area contributed by atoms with E-state index in [9.17, 15) is 14.4 Å². The van der Waals surface area contributed by atoms with E-state index in [-0.39, 0.29) is 5.91 Å². The van der Waals surface area contributed by atoms with E-state index in [1.54, 1.807) is 28.2 Å². The molecule has 0 saturated carbocycles. The van der Waals surface area contributed by atoms with Crippen molar-refractivity contribution in [2.24, 2.45) is 11.7 Å². The monoisotopic (exact) mass is 562 g/mol. The quantitative estimate of drug-likeness (QED) is 0.245. The van der Waals surface area contributed by atoms with E-state index in [4.69, 9.17) is 15.2 Å². The molecule has 2 aromatic rings. The van der Waals surface area contributed by atoms with Gasteiger partial charge in [-0.25, -0.2) is 0 Å². The van der Waals surface area contributed by atoms with Gasteiger partial charge in [-0.3, -0.25) is 14.4 Å². The molecule has 0 spiro atoms. The minimum absolute atomic E-state index is 0.310. The number of amides is 3. The van der Waals surface area contributed by atoms with E-state index in [1.165, 1.54) is 30.6 Å². The van der Waals surface area contributed by atoms with E-state index in [1.807, 2.05) is 48.5 Å². The average molecular weight is 563 g/mol. The van der Waals surface area contributed by atoms with Crippen LogP contribution in [0.2, 0.25) is 0 Å². The predicted molar refractivity (Wildman–Crippen MR) is 154 cm³/mol. The summed E-state index contributed by atoms with van der Waals surface area (Å²) in [7, 11) is 6.35. The Balaban J connectivity index is 2.09. The Morgan fingerprint density at radius 2 is 1.32 bits per heavy atom. The first-order valence-corrected chi connectivity index (χ1v) is 14.4. The predicted octanol–water partition coefficient (Wildman–Crippen LogP) is 2.18. The molecule has 0 aliphatic rings. The zero-order chi connectivity index (χ0) is 28.1. The van der Waals surface area contributed by atoms with Crippen molar-refractivity contribution in [3.8, 4) is 11.5 Å². The van der Waals surface area contributed by atoms with Crippen LogP contribution in [0.25, 0.3) is 0 Å². The number of carbonyl (C=O) groups excluding carboxylic acids is 3. The zero-order valence-electron chi connectivity index (χ0n) is 22.5. The topological polar surface area (TPSA) is 132 Å². The standard InChI is InChI=1S/C27H38N4O5S2/c1-27(30-3,26(28)34)22(16-37-14-18-6-10-20(35-4)11-7-18)24(32)31-23(25(33)29-2)17-38-15-19-8-12-21(36-5)13-9-19/h6-13,22-23,30H,14-17H2,1-5H3,(H2,28,34)(H,29,33)(H,31,32)/t22-,23-,27?/m0/s1. The van der Waals surface area contributed by atoms with Crippen molar-refractivity contribution < 1.29 is 23.9 Å². The third-order valence-corrected chi connectivity index (χ3v) is 8.56. The van der Waals surface area contributed by atoms with Crippen molar-refractivity contribution in [2.75, 3.05) is 39.8 Å². The van der Waals surface area contributed by atoms with Crippen LogP contribution >= 0.6 is 23.5 Å². The second-order valence-electron chi connectivity index (χ2n) is 8.77. The van der Waals surface area contributed by atoms with Crippen LogP contribution in [0.15, 0.2) is 48.5 Å². The van der Waals surface area contributed by atoms with Crippen LogP contribution in [0.5, 0.6) is 11.5 Å². The summed E-state index contributed by atoms with van der Waals surface area (Å²) in [6.45, 7) is 1.61. The molecule has 0 aromatic heterocycles. The van der Waals surface area contributed by atoms with Gasteiger partial charge in [-0.2, -0.15) is 23.5 Å². The molecule has 2 aromatic carbocycles. The Kier molecular flexibility index (Phi) is 12.8. The van der Waals surface area contributed by atoms with E-state index >= 15 is 0 Å². The lowest BCUT2D eigenvalue weighted by Crippen LogP contribution is -2.63. The maximum atomic E-state index is 13.5. The van der Waals surface area contributed by atoms with Crippen LogP contribution < -0.4 is 31.2 Å². The van der Waals surface area contributed by atoms with Crippen molar-refractivity contribution >= 4 is 41.2 Å². The van der Waals surface area contributed by atoms with E-state index in [2.05, 4.69) is 16.0 Å². The molecule has 5 N–H and O–H groups in total. The largest absolute Gasteiger partial charge is 0.497 e. The molecule has 0 aliphatic carbocycles. The lowest BCUT2D eigenvalue weighted by Gasteiger charge is -2.34. The minimum atomic E-state index is -1.31.